The number of benzene rings is 1. The van der Waals surface area contributed by atoms with Gasteiger partial charge in [-0.05, 0) is 25.5 Å². The summed E-state index contributed by atoms with van der Waals surface area (Å²) in [4.78, 5) is 6.35. The van der Waals surface area contributed by atoms with Gasteiger partial charge in [0, 0.05) is 38.9 Å². The van der Waals surface area contributed by atoms with E-state index in [2.05, 4.69) is 9.88 Å². The number of ether oxygens (including phenoxy) is 1. The highest BCUT2D eigenvalue weighted by Gasteiger charge is 2.39. The third-order valence-corrected chi connectivity index (χ3v) is 4.43. The van der Waals surface area contributed by atoms with Crippen LogP contribution in [0.2, 0.25) is 0 Å². The summed E-state index contributed by atoms with van der Waals surface area (Å²) in [5, 5.41) is 10.6. The molecular formula is C17H22FN3O2. The number of hydrogen-bond acceptors (Lipinski definition) is 4. The lowest BCUT2D eigenvalue weighted by Crippen LogP contribution is -2.56. The van der Waals surface area contributed by atoms with Crippen molar-refractivity contribution in [2.45, 2.75) is 31.6 Å². The highest BCUT2D eigenvalue weighted by Crippen LogP contribution is 2.27. The van der Waals surface area contributed by atoms with Crippen LogP contribution in [0.5, 0.6) is 5.75 Å². The number of aliphatic hydroxyl groups is 1. The average molecular weight is 319 g/mol. The molecule has 0 saturated carbocycles. The van der Waals surface area contributed by atoms with Crippen molar-refractivity contribution in [1.82, 2.24) is 14.5 Å². The van der Waals surface area contributed by atoms with Gasteiger partial charge in [-0.15, -0.1) is 0 Å². The Balaban J connectivity index is 1.70. The Morgan fingerprint density at radius 1 is 1.48 bits per heavy atom. The first kappa shape index (κ1) is 16.0. The highest BCUT2D eigenvalue weighted by molar-refractivity contribution is 5.23. The van der Waals surface area contributed by atoms with Crippen LogP contribution in [-0.2, 0) is 13.6 Å². The molecule has 2 aromatic rings. The number of aromatic nitrogens is 2. The number of piperidine rings is 1. The van der Waals surface area contributed by atoms with E-state index < -0.39 is 11.7 Å². The summed E-state index contributed by atoms with van der Waals surface area (Å²) in [5.41, 5.74) is 0.172. The maximum absolute atomic E-state index is 13.3. The molecule has 5 nitrogen and oxygen atoms in total. The van der Waals surface area contributed by atoms with Gasteiger partial charge in [0.1, 0.15) is 23.3 Å². The summed E-state index contributed by atoms with van der Waals surface area (Å²) in [7, 11) is 1.96. The second kappa shape index (κ2) is 6.29. The number of likely N-dealkylation sites (tertiary alicyclic amines) is 1. The molecule has 0 radical (unpaired) electrons. The molecule has 1 aromatic carbocycles. The van der Waals surface area contributed by atoms with Gasteiger partial charge >= 0.3 is 0 Å². The number of imidazole rings is 1. The van der Waals surface area contributed by atoms with Crippen LogP contribution in [0.25, 0.3) is 0 Å². The fourth-order valence-electron chi connectivity index (χ4n) is 2.85. The number of nitrogens with zero attached hydrogens (tertiary/aromatic N) is 3. The maximum atomic E-state index is 13.3. The van der Waals surface area contributed by atoms with Gasteiger partial charge in [0.2, 0.25) is 0 Å². The Morgan fingerprint density at radius 3 is 3.00 bits per heavy atom. The van der Waals surface area contributed by atoms with Crippen molar-refractivity contribution in [2.75, 3.05) is 13.1 Å². The van der Waals surface area contributed by atoms with Crippen LogP contribution in [0.15, 0.2) is 36.8 Å². The lowest BCUT2D eigenvalue weighted by Gasteiger charge is -2.42. The summed E-state index contributed by atoms with van der Waals surface area (Å²) in [6.07, 6.45) is 3.81. The lowest BCUT2D eigenvalue weighted by atomic mass is 9.90. The third-order valence-electron chi connectivity index (χ3n) is 4.43. The van der Waals surface area contributed by atoms with Crippen molar-refractivity contribution in [3.63, 3.8) is 0 Å². The van der Waals surface area contributed by atoms with Crippen molar-refractivity contribution in [3.8, 4) is 5.75 Å². The van der Waals surface area contributed by atoms with Crippen LogP contribution in [0.1, 0.15) is 19.0 Å². The molecule has 0 unspecified atom stereocenters. The molecule has 1 aliphatic heterocycles. The Morgan fingerprint density at radius 2 is 2.30 bits per heavy atom. The molecule has 2 heterocycles. The average Bonchev–Trinajstić information content (AvgIpc) is 2.88. The van der Waals surface area contributed by atoms with Crippen molar-refractivity contribution in [3.05, 3.63) is 48.3 Å². The summed E-state index contributed by atoms with van der Waals surface area (Å²) >= 11 is 0. The molecule has 124 valence electrons. The molecule has 2 atom stereocenters. The zero-order valence-corrected chi connectivity index (χ0v) is 13.4. The Hall–Kier alpha value is -1.92. The summed E-state index contributed by atoms with van der Waals surface area (Å²) in [5.74, 6) is 0.0994. The first-order chi connectivity index (χ1) is 10.9. The van der Waals surface area contributed by atoms with Gasteiger partial charge in [-0.3, -0.25) is 4.90 Å². The smallest absolute Gasteiger partial charge is 0.140 e. The Kier molecular flexibility index (Phi) is 4.37. The SMILES string of the molecule is Cn1cncc1CN1CC[C@](C)(O)[C@@H](Oc2cccc(F)c2)C1. The van der Waals surface area contributed by atoms with Crippen LogP contribution < -0.4 is 4.74 Å². The minimum absolute atomic E-state index is 0.343. The molecule has 1 fully saturated rings. The summed E-state index contributed by atoms with van der Waals surface area (Å²) in [6.45, 7) is 3.88. The molecule has 6 heteroatoms. The number of halogens is 1. The molecule has 0 spiro atoms. The molecule has 1 aromatic heterocycles. The number of hydrogen-bond donors (Lipinski definition) is 1. The van der Waals surface area contributed by atoms with E-state index in [9.17, 15) is 9.50 Å². The summed E-state index contributed by atoms with van der Waals surface area (Å²) in [6, 6.07) is 6.03. The van der Waals surface area contributed by atoms with E-state index >= 15 is 0 Å². The first-order valence-corrected chi connectivity index (χ1v) is 7.76. The van der Waals surface area contributed by atoms with E-state index in [0.29, 0.717) is 18.7 Å². The quantitative estimate of drug-likeness (QED) is 0.936. The van der Waals surface area contributed by atoms with Crippen molar-refractivity contribution >= 4 is 0 Å². The zero-order valence-electron chi connectivity index (χ0n) is 13.4. The Bertz CT molecular complexity index is 671. The second-order valence-electron chi connectivity index (χ2n) is 6.40. The van der Waals surface area contributed by atoms with Gasteiger partial charge in [-0.1, -0.05) is 6.07 Å². The normalized spacial score (nSPS) is 25.5. The van der Waals surface area contributed by atoms with E-state index in [-0.39, 0.29) is 5.82 Å². The fraction of sp³-hybridized carbons (Fsp3) is 0.471. The molecule has 1 saturated heterocycles. The largest absolute Gasteiger partial charge is 0.486 e. The monoisotopic (exact) mass is 319 g/mol. The third kappa shape index (κ3) is 3.71. The van der Waals surface area contributed by atoms with Gasteiger partial charge in [0.25, 0.3) is 0 Å². The van der Waals surface area contributed by atoms with E-state index in [1.807, 2.05) is 17.8 Å². The van der Waals surface area contributed by atoms with Crippen LogP contribution in [-0.4, -0.2) is 44.4 Å². The highest BCUT2D eigenvalue weighted by atomic mass is 19.1. The zero-order chi connectivity index (χ0) is 16.4. The van der Waals surface area contributed by atoms with Crippen LogP contribution in [0.3, 0.4) is 0 Å². The molecule has 3 rings (SSSR count). The first-order valence-electron chi connectivity index (χ1n) is 7.76. The topological polar surface area (TPSA) is 50.5 Å². The molecule has 0 aliphatic carbocycles. The van der Waals surface area contributed by atoms with Crippen molar-refractivity contribution in [2.24, 2.45) is 7.05 Å². The fourth-order valence-corrected chi connectivity index (χ4v) is 2.85. The minimum atomic E-state index is -0.935. The molecule has 23 heavy (non-hydrogen) atoms. The van der Waals surface area contributed by atoms with Crippen molar-refractivity contribution in [1.29, 1.82) is 0 Å². The van der Waals surface area contributed by atoms with Gasteiger partial charge in [0.05, 0.1) is 12.0 Å². The molecular weight excluding hydrogens is 297 g/mol. The van der Waals surface area contributed by atoms with E-state index in [4.69, 9.17) is 4.74 Å². The van der Waals surface area contributed by atoms with E-state index in [1.54, 1.807) is 25.4 Å². The number of rotatable bonds is 4. The molecule has 1 aliphatic rings. The van der Waals surface area contributed by atoms with Crippen molar-refractivity contribution < 1.29 is 14.2 Å². The molecule has 1 N–H and O–H groups in total. The maximum Gasteiger partial charge on any atom is 0.140 e. The Labute approximate surface area is 135 Å². The second-order valence-corrected chi connectivity index (χ2v) is 6.40. The lowest BCUT2D eigenvalue weighted by molar-refractivity contribution is -0.0968. The van der Waals surface area contributed by atoms with Gasteiger partial charge in [0.15, 0.2) is 0 Å². The minimum Gasteiger partial charge on any atom is -0.486 e. The van der Waals surface area contributed by atoms with Gasteiger partial charge < -0.3 is 14.4 Å². The predicted octanol–water partition coefficient (Wildman–Crippen LogP) is 1.96. The molecule has 0 bridgehead atoms. The predicted molar refractivity (Wildman–Crippen MR) is 84.5 cm³/mol. The van der Waals surface area contributed by atoms with E-state index in [1.165, 1.54) is 12.1 Å². The van der Waals surface area contributed by atoms with Crippen LogP contribution >= 0.6 is 0 Å². The van der Waals surface area contributed by atoms with Crippen LogP contribution in [0.4, 0.5) is 4.39 Å². The van der Waals surface area contributed by atoms with Crippen LogP contribution in [0, 0.1) is 5.82 Å². The summed E-state index contributed by atoms with van der Waals surface area (Å²) < 4.78 is 21.2. The van der Waals surface area contributed by atoms with Gasteiger partial charge in [-0.25, -0.2) is 9.37 Å². The van der Waals surface area contributed by atoms with E-state index in [0.717, 1.165) is 18.8 Å². The van der Waals surface area contributed by atoms with Gasteiger partial charge in [-0.2, -0.15) is 0 Å². The standard InChI is InChI=1S/C17H22FN3O2/c1-17(22)6-7-21(10-14-9-19-12-20(14)2)11-16(17)23-15-5-3-4-13(18)8-15/h3-5,8-9,12,16,22H,6-7,10-11H2,1-2H3/t16-,17-/m0/s1. The number of aryl methyl sites for hydroxylation is 1. The molecule has 0 amide bonds.